The molecular weight excluding hydrogens is 742 g/mol. The smallest absolute Gasteiger partial charge is 0.390 e. The second-order valence-corrected chi connectivity index (χ2v) is 16.3. The molecule has 7 aromatic rings. The maximum Gasteiger partial charge on any atom is 0.453 e. The van der Waals surface area contributed by atoms with Gasteiger partial charge in [0.2, 0.25) is 0 Å². The first kappa shape index (κ1) is 42.6. The Labute approximate surface area is 378 Å². The van der Waals surface area contributed by atoms with Gasteiger partial charge < -0.3 is 12.9 Å². The summed E-state index contributed by atoms with van der Waals surface area (Å²) < 4.78 is 20.8. The summed E-state index contributed by atoms with van der Waals surface area (Å²) in [6, 6.07) is 26.8. The van der Waals surface area contributed by atoms with Gasteiger partial charge in [-0.15, -0.1) is 9.24 Å². The zero-order valence-corrected chi connectivity index (χ0v) is 35.9. The Bertz CT molecular complexity index is 2440. The number of aryl methyl sites for hydroxylation is 2. The summed E-state index contributed by atoms with van der Waals surface area (Å²) in [4.78, 5) is 0. The van der Waals surface area contributed by atoms with E-state index in [1.165, 1.54) is 60.8 Å². The van der Waals surface area contributed by atoms with Crippen molar-refractivity contribution in [3.63, 3.8) is 0 Å². The van der Waals surface area contributed by atoms with Crippen molar-refractivity contribution in [2.45, 2.75) is 93.9 Å². The largest absolute Gasteiger partial charge is 0.453 e. The molecule has 0 aliphatic heterocycles. The van der Waals surface area contributed by atoms with Crippen molar-refractivity contribution in [3.05, 3.63) is 117 Å². The molecule has 7 rings (SSSR count). The van der Waals surface area contributed by atoms with Crippen LogP contribution >= 0.6 is 17.5 Å². The van der Waals surface area contributed by atoms with Crippen LogP contribution in [0, 0.1) is 117 Å². The van der Waals surface area contributed by atoms with E-state index in [0.29, 0.717) is 11.8 Å². The molecule has 53 heavy (non-hydrogen) atoms. The van der Waals surface area contributed by atoms with E-state index in [9.17, 15) is 0 Å². The van der Waals surface area contributed by atoms with Gasteiger partial charge in [0.15, 0.2) is 0 Å². The Morgan fingerprint density at radius 3 is 1.51 bits per heavy atom. The number of fused-ring (bicyclic) bond motifs is 7. The molecule has 0 saturated heterocycles. The SMILES string of the molecule is CCC(C)c1ccc2c(ccc3op(Oc4cc(C)c(C)c(C)c4-c4c(P)cc(C)c(C)c4C)oc4ccc5cc(C(C)CC)ccc5c4c32)c1.[Ar].[Ar]. The van der Waals surface area contributed by atoms with Crippen molar-refractivity contribution in [2.75, 3.05) is 0 Å². The molecule has 3 unspecified atom stereocenters. The van der Waals surface area contributed by atoms with Gasteiger partial charge in [0.05, 0.1) is 0 Å². The van der Waals surface area contributed by atoms with Crippen molar-refractivity contribution >= 4 is 66.3 Å². The third-order valence-electron chi connectivity index (χ3n) is 11.7. The van der Waals surface area contributed by atoms with E-state index in [0.717, 1.165) is 62.2 Å². The predicted molar refractivity (Wildman–Crippen MR) is 224 cm³/mol. The molecule has 3 atom stereocenters. The number of benzene rings is 6. The quantitative estimate of drug-likeness (QED) is 0.151. The molecule has 1 heterocycles. The summed E-state index contributed by atoms with van der Waals surface area (Å²) in [5.74, 6) is 1.75. The fraction of sp³-hybridized carbons (Fsp3) is 0.304. The molecule has 6 aromatic carbocycles. The zero-order chi connectivity index (χ0) is 36.3. The van der Waals surface area contributed by atoms with Crippen LogP contribution in [-0.2, 0) is 0 Å². The van der Waals surface area contributed by atoms with Crippen molar-refractivity contribution in [3.8, 4) is 16.9 Å². The van der Waals surface area contributed by atoms with Gasteiger partial charge >= 0.3 is 8.24 Å². The van der Waals surface area contributed by atoms with Crippen molar-refractivity contribution in [2.24, 2.45) is 0 Å². The predicted octanol–water partition coefficient (Wildman–Crippen LogP) is 14.5. The maximum absolute atomic E-state index is 7.00. The van der Waals surface area contributed by atoms with Crippen molar-refractivity contribution < 1.29 is 88.4 Å². The summed E-state index contributed by atoms with van der Waals surface area (Å²) in [6.07, 6.45) is 2.20. The average Bonchev–Trinajstić information content (AvgIpc) is 3.29. The molecule has 278 valence electrons. The molecule has 0 bridgehead atoms. The Morgan fingerprint density at radius 2 is 1.04 bits per heavy atom. The normalized spacial score (nSPS) is 12.8. The van der Waals surface area contributed by atoms with Gasteiger partial charge in [-0.1, -0.05) is 82.3 Å². The summed E-state index contributed by atoms with van der Waals surface area (Å²) in [5, 5.41) is 7.98. The molecule has 0 aliphatic carbocycles. The standard InChI is InChI=1S/C46H50O3P2.2Ar/c1-11-25(3)33-13-17-37-35(23-33)15-19-39-45(37)46-38-18-14-34(26(4)12-2)24-36(38)16-20-40(46)48-51(47-39)49-41-21-27(5)29(7)31(9)43(41)44-32(10)30(8)28(6)22-42(44)50;;/h13-26H,11-12,50H2,1-10H3;;. The molecule has 0 saturated carbocycles. The molecule has 3 nitrogen and oxygen atoms in total. The molecule has 0 radical (unpaired) electrons. The van der Waals surface area contributed by atoms with Crippen LogP contribution in [0.25, 0.3) is 54.6 Å². The van der Waals surface area contributed by atoms with Gasteiger partial charge in [-0.3, -0.25) is 0 Å². The van der Waals surface area contributed by atoms with Crippen LogP contribution in [0.4, 0.5) is 0 Å². The molecule has 0 N–H and O–H groups in total. The van der Waals surface area contributed by atoms with Crippen LogP contribution in [0.1, 0.15) is 96.9 Å². The Kier molecular flexibility index (Phi) is 13.9. The van der Waals surface area contributed by atoms with E-state index in [2.05, 4.69) is 151 Å². The summed E-state index contributed by atoms with van der Waals surface area (Å²) in [6.45, 7) is 22.3. The first-order valence-corrected chi connectivity index (χ1v) is 20.0. The maximum atomic E-state index is 7.00. The van der Waals surface area contributed by atoms with Crippen LogP contribution in [0.2, 0.25) is 0 Å². The summed E-state index contributed by atoms with van der Waals surface area (Å²) >= 11 is 0. The molecular formula is C46H50Ar2O3P2. The van der Waals surface area contributed by atoms with Gasteiger partial charge in [0.25, 0.3) is 0 Å². The topological polar surface area (TPSA) is 35.5 Å². The van der Waals surface area contributed by atoms with Crippen LogP contribution < -0.4 is 9.83 Å². The second kappa shape index (κ2) is 17.3. The molecule has 0 aliphatic rings. The van der Waals surface area contributed by atoms with E-state index in [1.54, 1.807) is 0 Å². The van der Waals surface area contributed by atoms with E-state index >= 15 is 0 Å². The van der Waals surface area contributed by atoms with Gasteiger partial charge in [-0.25, -0.2) is 0 Å². The van der Waals surface area contributed by atoms with Crippen LogP contribution in [-0.4, -0.2) is 0 Å². The zero-order valence-electron chi connectivity index (χ0n) is 32.5. The minimum absolute atomic E-state index is 0. The third-order valence-corrected chi connectivity index (χ3v) is 13.2. The van der Waals surface area contributed by atoms with E-state index in [4.69, 9.17) is 12.9 Å². The number of hydrogen-bond acceptors (Lipinski definition) is 3. The first-order chi connectivity index (χ1) is 24.4. The van der Waals surface area contributed by atoms with Gasteiger partial charge in [-0.05, 0) is 161 Å². The minimum atomic E-state index is -1.88. The fourth-order valence-corrected chi connectivity index (χ4v) is 9.23. The third kappa shape index (κ3) is 7.91. The molecule has 7 heteroatoms. The monoisotopic (exact) mass is 792 g/mol. The van der Waals surface area contributed by atoms with E-state index in [-0.39, 0.29) is 75.5 Å². The van der Waals surface area contributed by atoms with Gasteiger partial charge in [0, 0.05) is 91.8 Å². The number of hydrogen-bond donors (Lipinski definition) is 0. The first-order valence-electron chi connectivity index (χ1n) is 18.4. The Morgan fingerprint density at radius 1 is 0.585 bits per heavy atom. The number of rotatable bonds is 7. The van der Waals surface area contributed by atoms with Crippen LogP contribution in [0.15, 0.2) is 81.2 Å². The Balaban J connectivity index is 0.00000271. The molecule has 0 fully saturated rings. The minimum Gasteiger partial charge on any atom is -0.390 e. The molecule has 0 spiro atoms. The van der Waals surface area contributed by atoms with Crippen molar-refractivity contribution in [1.29, 1.82) is 0 Å². The average molecular weight is 793 g/mol. The van der Waals surface area contributed by atoms with E-state index < -0.39 is 8.24 Å². The van der Waals surface area contributed by atoms with Gasteiger partial charge in [0.1, 0.15) is 16.9 Å². The second-order valence-electron chi connectivity index (χ2n) is 14.7. The van der Waals surface area contributed by atoms with E-state index in [1.807, 2.05) is 0 Å². The van der Waals surface area contributed by atoms with Crippen LogP contribution in [0.5, 0.6) is 5.75 Å². The van der Waals surface area contributed by atoms with Gasteiger partial charge in [-0.2, -0.15) is 0 Å². The molecule has 0 amide bonds. The summed E-state index contributed by atoms with van der Waals surface area (Å²) in [5.41, 5.74) is 14.0. The molecule has 1 aromatic heterocycles. The summed E-state index contributed by atoms with van der Waals surface area (Å²) in [7, 11) is 1.10. The fourth-order valence-electron chi connectivity index (χ4n) is 7.58. The van der Waals surface area contributed by atoms with Crippen molar-refractivity contribution in [1.82, 2.24) is 0 Å². The Hall–Kier alpha value is -1.51. The van der Waals surface area contributed by atoms with Crippen LogP contribution in [0.3, 0.4) is 0 Å².